The molecule has 2 heterocycles. The standard InChI is InChI=1S/C19H31N3/c1-16-12-17(2)14-19(13-16)22-10-8-21(9-11-22)15-18-6-4-5-7-20(18)3/h12-14,18H,4-11,15H2,1-3H3. The summed E-state index contributed by atoms with van der Waals surface area (Å²) in [6.45, 7) is 11.7. The fourth-order valence-corrected chi connectivity index (χ4v) is 3.99. The maximum atomic E-state index is 2.67. The van der Waals surface area contributed by atoms with E-state index in [1.807, 2.05) is 0 Å². The van der Waals surface area contributed by atoms with Crippen LogP contribution in [0, 0.1) is 13.8 Å². The fraction of sp³-hybridized carbons (Fsp3) is 0.684. The topological polar surface area (TPSA) is 9.72 Å². The Morgan fingerprint density at radius 1 is 0.909 bits per heavy atom. The molecule has 0 saturated carbocycles. The predicted molar refractivity (Wildman–Crippen MR) is 94.8 cm³/mol. The molecule has 3 rings (SSSR count). The lowest BCUT2D eigenvalue weighted by molar-refractivity contribution is 0.125. The Balaban J connectivity index is 1.53. The van der Waals surface area contributed by atoms with Crippen LogP contribution in [0.3, 0.4) is 0 Å². The van der Waals surface area contributed by atoms with Gasteiger partial charge in [-0.05, 0) is 63.5 Å². The highest BCUT2D eigenvalue weighted by Crippen LogP contribution is 2.21. The molecule has 2 fully saturated rings. The molecule has 2 saturated heterocycles. The molecule has 0 N–H and O–H groups in total. The molecule has 0 radical (unpaired) electrons. The van der Waals surface area contributed by atoms with Crippen molar-refractivity contribution in [3.05, 3.63) is 29.3 Å². The molecule has 0 bridgehead atoms. The number of aryl methyl sites for hydroxylation is 2. The summed E-state index contributed by atoms with van der Waals surface area (Å²) in [4.78, 5) is 7.80. The molecular weight excluding hydrogens is 270 g/mol. The highest BCUT2D eigenvalue weighted by atomic mass is 15.3. The molecule has 1 unspecified atom stereocenters. The maximum absolute atomic E-state index is 2.67. The van der Waals surface area contributed by atoms with Gasteiger partial charge in [0.05, 0.1) is 0 Å². The largest absolute Gasteiger partial charge is 0.369 e. The number of likely N-dealkylation sites (tertiary alicyclic amines) is 1. The molecule has 2 aliphatic rings. The zero-order valence-corrected chi connectivity index (χ0v) is 14.5. The van der Waals surface area contributed by atoms with E-state index in [1.54, 1.807) is 0 Å². The third kappa shape index (κ3) is 3.82. The van der Waals surface area contributed by atoms with Crippen LogP contribution in [0.2, 0.25) is 0 Å². The Hall–Kier alpha value is -1.06. The second-order valence-electron chi connectivity index (χ2n) is 7.26. The van der Waals surface area contributed by atoms with Crippen molar-refractivity contribution in [2.24, 2.45) is 0 Å². The monoisotopic (exact) mass is 301 g/mol. The van der Waals surface area contributed by atoms with Crippen molar-refractivity contribution in [2.75, 3.05) is 51.2 Å². The second kappa shape index (κ2) is 7.01. The first kappa shape index (κ1) is 15.8. The average Bonchev–Trinajstić information content (AvgIpc) is 2.49. The zero-order chi connectivity index (χ0) is 15.5. The third-order valence-corrected chi connectivity index (χ3v) is 5.33. The van der Waals surface area contributed by atoms with E-state index in [9.17, 15) is 0 Å². The molecule has 0 spiro atoms. The van der Waals surface area contributed by atoms with Gasteiger partial charge in [-0.1, -0.05) is 12.5 Å². The minimum atomic E-state index is 0.779. The van der Waals surface area contributed by atoms with Gasteiger partial charge < -0.3 is 9.80 Å². The molecule has 0 amide bonds. The summed E-state index contributed by atoms with van der Waals surface area (Å²) >= 11 is 0. The number of benzene rings is 1. The Morgan fingerprint density at radius 3 is 2.23 bits per heavy atom. The van der Waals surface area contributed by atoms with Gasteiger partial charge in [-0.2, -0.15) is 0 Å². The van der Waals surface area contributed by atoms with E-state index < -0.39 is 0 Å². The highest BCUT2D eigenvalue weighted by molar-refractivity contribution is 5.51. The van der Waals surface area contributed by atoms with Crippen molar-refractivity contribution < 1.29 is 0 Å². The Labute approximate surface area is 135 Å². The van der Waals surface area contributed by atoms with Gasteiger partial charge in [0.2, 0.25) is 0 Å². The van der Waals surface area contributed by atoms with Gasteiger partial charge in [-0.15, -0.1) is 0 Å². The van der Waals surface area contributed by atoms with Crippen molar-refractivity contribution in [1.29, 1.82) is 0 Å². The van der Waals surface area contributed by atoms with Gasteiger partial charge in [0.15, 0.2) is 0 Å². The zero-order valence-electron chi connectivity index (χ0n) is 14.5. The quantitative estimate of drug-likeness (QED) is 0.850. The average molecular weight is 301 g/mol. The van der Waals surface area contributed by atoms with Gasteiger partial charge in [0.25, 0.3) is 0 Å². The smallest absolute Gasteiger partial charge is 0.0372 e. The number of likely N-dealkylation sites (N-methyl/N-ethyl adjacent to an activating group) is 1. The van der Waals surface area contributed by atoms with E-state index >= 15 is 0 Å². The molecule has 0 aliphatic carbocycles. The molecular formula is C19H31N3. The molecule has 1 atom stereocenters. The predicted octanol–water partition coefficient (Wildman–Crippen LogP) is 2.91. The molecule has 1 aromatic carbocycles. The number of hydrogen-bond donors (Lipinski definition) is 0. The van der Waals surface area contributed by atoms with Crippen LogP contribution in [0.25, 0.3) is 0 Å². The van der Waals surface area contributed by atoms with Crippen LogP contribution in [-0.2, 0) is 0 Å². The Kier molecular flexibility index (Phi) is 5.04. The van der Waals surface area contributed by atoms with Crippen LogP contribution in [-0.4, -0.2) is 62.2 Å². The highest BCUT2D eigenvalue weighted by Gasteiger charge is 2.24. The minimum absolute atomic E-state index is 0.779. The number of anilines is 1. The van der Waals surface area contributed by atoms with Gasteiger partial charge in [-0.25, -0.2) is 0 Å². The SMILES string of the molecule is Cc1cc(C)cc(N2CCN(CC3CCCCN3C)CC2)c1. The number of nitrogens with zero attached hydrogens (tertiary/aromatic N) is 3. The lowest BCUT2D eigenvalue weighted by Gasteiger charge is -2.41. The molecule has 122 valence electrons. The van der Waals surface area contributed by atoms with E-state index in [0.29, 0.717) is 0 Å². The van der Waals surface area contributed by atoms with Gasteiger partial charge in [0, 0.05) is 44.5 Å². The first-order chi connectivity index (χ1) is 10.6. The van der Waals surface area contributed by atoms with E-state index in [1.165, 1.54) is 75.3 Å². The van der Waals surface area contributed by atoms with Crippen LogP contribution in [0.4, 0.5) is 5.69 Å². The number of rotatable bonds is 3. The first-order valence-corrected chi connectivity index (χ1v) is 8.87. The van der Waals surface area contributed by atoms with Gasteiger partial charge >= 0.3 is 0 Å². The summed E-state index contributed by atoms with van der Waals surface area (Å²) in [5, 5.41) is 0. The van der Waals surface area contributed by atoms with Crippen molar-refractivity contribution in [3.63, 3.8) is 0 Å². The summed E-state index contributed by atoms with van der Waals surface area (Å²) in [5.41, 5.74) is 4.16. The normalized spacial score (nSPS) is 24.7. The number of piperazine rings is 1. The fourth-order valence-electron chi connectivity index (χ4n) is 3.99. The molecule has 1 aromatic rings. The van der Waals surface area contributed by atoms with Gasteiger partial charge in [-0.3, -0.25) is 4.90 Å². The van der Waals surface area contributed by atoms with E-state index in [0.717, 1.165) is 6.04 Å². The molecule has 3 heteroatoms. The first-order valence-electron chi connectivity index (χ1n) is 8.87. The van der Waals surface area contributed by atoms with Crippen LogP contribution in [0.5, 0.6) is 0 Å². The van der Waals surface area contributed by atoms with Crippen LogP contribution in [0.1, 0.15) is 30.4 Å². The summed E-state index contributed by atoms with van der Waals surface area (Å²) in [6, 6.07) is 7.70. The van der Waals surface area contributed by atoms with Gasteiger partial charge in [0.1, 0.15) is 0 Å². The van der Waals surface area contributed by atoms with Crippen molar-refractivity contribution in [2.45, 2.75) is 39.2 Å². The third-order valence-electron chi connectivity index (χ3n) is 5.33. The van der Waals surface area contributed by atoms with Crippen LogP contribution >= 0.6 is 0 Å². The van der Waals surface area contributed by atoms with E-state index in [2.05, 4.69) is 53.8 Å². The van der Waals surface area contributed by atoms with Crippen molar-refractivity contribution in [3.8, 4) is 0 Å². The summed E-state index contributed by atoms with van der Waals surface area (Å²) < 4.78 is 0. The summed E-state index contributed by atoms with van der Waals surface area (Å²) in [5.74, 6) is 0. The Bertz CT molecular complexity index is 471. The second-order valence-corrected chi connectivity index (χ2v) is 7.26. The number of piperidine rings is 1. The lowest BCUT2D eigenvalue weighted by Crippen LogP contribution is -2.51. The van der Waals surface area contributed by atoms with Crippen LogP contribution in [0.15, 0.2) is 18.2 Å². The van der Waals surface area contributed by atoms with Crippen molar-refractivity contribution in [1.82, 2.24) is 9.80 Å². The van der Waals surface area contributed by atoms with Crippen LogP contribution < -0.4 is 4.90 Å². The van der Waals surface area contributed by atoms with E-state index in [-0.39, 0.29) is 0 Å². The minimum Gasteiger partial charge on any atom is -0.369 e. The molecule has 0 aromatic heterocycles. The lowest BCUT2D eigenvalue weighted by atomic mass is 10.0. The molecule has 22 heavy (non-hydrogen) atoms. The Morgan fingerprint density at radius 2 is 1.59 bits per heavy atom. The summed E-state index contributed by atoms with van der Waals surface area (Å²) in [7, 11) is 2.30. The maximum Gasteiger partial charge on any atom is 0.0372 e. The van der Waals surface area contributed by atoms with E-state index in [4.69, 9.17) is 0 Å². The number of hydrogen-bond acceptors (Lipinski definition) is 3. The summed E-state index contributed by atoms with van der Waals surface area (Å²) in [6.07, 6.45) is 4.18. The van der Waals surface area contributed by atoms with Crippen molar-refractivity contribution >= 4 is 5.69 Å². The molecule has 3 nitrogen and oxygen atoms in total. The molecule has 2 aliphatic heterocycles.